The van der Waals surface area contributed by atoms with Gasteiger partial charge in [-0.1, -0.05) is 13.8 Å². The Morgan fingerprint density at radius 2 is 1.83 bits per heavy atom. The molecule has 10 atom stereocenters. The lowest BCUT2D eigenvalue weighted by Gasteiger charge is -2.64. The van der Waals surface area contributed by atoms with E-state index >= 15 is 0 Å². The fourth-order valence-corrected chi connectivity index (χ4v) is 9.73. The van der Waals surface area contributed by atoms with E-state index in [9.17, 15) is 24.8 Å². The quantitative estimate of drug-likeness (QED) is 0.485. The molecule has 6 heteroatoms. The molecule has 6 fully saturated rings. The summed E-state index contributed by atoms with van der Waals surface area (Å²) in [5.74, 6) is -1.52. The fourth-order valence-electron chi connectivity index (χ4n) is 9.73. The average Bonchev–Trinajstić information content (AvgIpc) is 3.31. The van der Waals surface area contributed by atoms with Crippen molar-refractivity contribution in [1.82, 2.24) is 0 Å². The lowest BCUT2D eigenvalue weighted by Crippen LogP contribution is -2.65. The number of ketones is 2. The number of Topliss-reactive ketones (excluding diaryl/α,β-unsaturated/α-hetero) is 2. The van der Waals surface area contributed by atoms with Crippen molar-refractivity contribution in [2.75, 3.05) is 0 Å². The molecular formula is C24H29NO5. The maximum Gasteiger partial charge on any atom is 0.306 e. The van der Waals surface area contributed by atoms with Gasteiger partial charge in [-0.05, 0) is 61.7 Å². The van der Waals surface area contributed by atoms with Crippen LogP contribution in [0, 0.1) is 57.2 Å². The van der Waals surface area contributed by atoms with Gasteiger partial charge in [0.15, 0.2) is 0 Å². The van der Waals surface area contributed by atoms with Gasteiger partial charge in [0, 0.05) is 24.2 Å². The number of esters is 1. The monoisotopic (exact) mass is 411 g/mol. The zero-order chi connectivity index (χ0) is 21.3. The number of hydrogen-bond donors (Lipinski definition) is 1. The van der Waals surface area contributed by atoms with Gasteiger partial charge in [-0.3, -0.25) is 14.4 Å². The number of aliphatic hydroxyl groups excluding tert-OH is 1. The lowest BCUT2D eigenvalue weighted by molar-refractivity contribution is -0.213. The van der Waals surface area contributed by atoms with Crippen LogP contribution >= 0.6 is 0 Å². The van der Waals surface area contributed by atoms with Gasteiger partial charge in [-0.2, -0.15) is 5.26 Å². The molecule has 1 heterocycles. The van der Waals surface area contributed by atoms with Crippen LogP contribution in [-0.2, 0) is 19.1 Å². The van der Waals surface area contributed by atoms with Crippen molar-refractivity contribution < 1.29 is 24.2 Å². The Hall–Kier alpha value is -1.74. The Kier molecular flexibility index (Phi) is 3.39. The predicted molar refractivity (Wildman–Crippen MR) is 103 cm³/mol. The van der Waals surface area contributed by atoms with Gasteiger partial charge >= 0.3 is 5.97 Å². The lowest BCUT2D eigenvalue weighted by atomic mass is 9.39. The topological polar surface area (TPSA) is 104 Å². The summed E-state index contributed by atoms with van der Waals surface area (Å²) in [7, 11) is 0. The number of nitriles is 1. The van der Waals surface area contributed by atoms with Crippen LogP contribution in [0.2, 0.25) is 0 Å². The van der Waals surface area contributed by atoms with Gasteiger partial charge in [0.2, 0.25) is 0 Å². The average molecular weight is 411 g/mol. The summed E-state index contributed by atoms with van der Waals surface area (Å²) in [6, 6.07) is 2.47. The summed E-state index contributed by atoms with van der Waals surface area (Å²) in [5.41, 5.74) is -2.44. The molecule has 1 saturated heterocycles. The molecule has 5 unspecified atom stereocenters. The first-order valence-electron chi connectivity index (χ1n) is 11.5. The van der Waals surface area contributed by atoms with Crippen molar-refractivity contribution in [2.24, 2.45) is 45.8 Å². The van der Waals surface area contributed by atoms with Crippen molar-refractivity contribution in [3.8, 4) is 6.07 Å². The third-order valence-corrected chi connectivity index (χ3v) is 11.0. The smallest absolute Gasteiger partial charge is 0.306 e. The van der Waals surface area contributed by atoms with E-state index in [0.717, 1.165) is 12.8 Å². The number of carbonyl (C=O) groups excluding carboxylic acids is 3. The molecule has 1 spiro atoms. The van der Waals surface area contributed by atoms with E-state index in [0.29, 0.717) is 38.5 Å². The van der Waals surface area contributed by atoms with E-state index in [1.165, 1.54) is 0 Å². The highest BCUT2D eigenvalue weighted by Gasteiger charge is 2.79. The molecule has 1 aliphatic heterocycles. The minimum Gasteiger partial charge on any atom is -0.458 e. The molecule has 6 nitrogen and oxygen atoms in total. The molecule has 5 aliphatic carbocycles. The third kappa shape index (κ3) is 1.74. The first kappa shape index (κ1) is 19.0. The summed E-state index contributed by atoms with van der Waals surface area (Å²) in [6.45, 7) is 4.21. The van der Waals surface area contributed by atoms with Crippen LogP contribution in [0.25, 0.3) is 0 Å². The number of aliphatic hydroxyl groups is 1. The van der Waals surface area contributed by atoms with Crippen molar-refractivity contribution in [1.29, 1.82) is 5.26 Å². The largest absolute Gasteiger partial charge is 0.458 e. The van der Waals surface area contributed by atoms with Gasteiger partial charge in [-0.15, -0.1) is 0 Å². The van der Waals surface area contributed by atoms with E-state index in [1.54, 1.807) is 0 Å². The van der Waals surface area contributed by atoms with Gasteiger partial charge in [0.05, 0.1) is 23.5 Å². The Morgan fingerprint density at radius 3 is 2.50 bits per heavy atom. The van der Waals surface area contributed by atoms with Gasteiger partial charge in [-0.25, -0.2) is 0 Å². The van der Waals surface area contributed by atoms with Crippen molar-refractivity contribution in [3.05, 3.63) is 0 Å². The van der Waals surface area contributed by atoms with Crippen LogP contribution < -0.4 is 0 Å². The fraction of sp³-hybridized carbons (Fsp3) is 0.833. The maximum atomic E-state index is 13.6. The van der Waals surface area contributed by atoms with Crippen molar-refractivity contribution in [2.45, 2.75) is 76.9 Å². The SMILES string of the molecule is CC12C[C@@H](O)C3C(C1CC[C@@]21CCC(=O)O1)[C@@H]1C[C@]2(C#N)[C@@H](C(=O)CCC32C)C1=O. The maximum absolute atomic E-state index is 13.6. The van der Waals surface area contributed by atoms with Crippen molar-refractivity contribution >= 4 is 17.5 Å². The van der Waals surface area contributed by atoms with Crippen LogP contribution in [0.5, 0.6) is 0 Å². The van der Waals surface area contributed by atoms with Crippen LogP contribution in [0.4, 0.5) is 0 Å². The summed E-state index contributed by atoms with van der Waals surface area (Å²) >= 11 is 0. The molecule has 30 heavy (non-hydrogen) atoms. The van der Waals surface area contributed by atoms with E-state index in [1.807, 2.05) is 0 Å². The number of carbonyl (C=O) groups is 3. The molecule has 6 aliphatic rings. The predicted octanol–water partition coefficient (Wildman–Crippen LogP) is 2.57. The standard InChI is InChI=1S/C24H29NO5/c1-21-6-4-14(26)19-20(29)12(9-23(19,21)11-25)17-13-3-7-24(8-5-16(28)30-24)22(13,2)10-15(27)18(17)21/h12-13,15,17-19,27H,3-10H2,1-2H3/t12-,13?,15+,17?,18?,19-,21?,22?,23-,24+/m0/s1. The van der Waals surface area contributed by atoms with Crippen LogP contribution in [0.3, 0.4) is 0 Å². The number of nitrogens with zero attached hydrogens (tertiary/aromatic N) is 1. The highest BCUT2D eigenvalue weighted by Crippen LogP contribution is 2.76. The highest BCUT2D eigenvalue weighted by atomic mass is 16.6. The molecule has 0 radical (unpaired) electrons. The number of fused-ring (bicyclic) bond motifs is 7. The Morgan fingerprint density at radius 1 is 1.07 bits per heavy atom. The van der Waals surface area contributed by atoms with E-state index < -0.39 is 28.5 Å². The molecule has 1 N–H and O–H groups in total. The minimum atomic E-state index is -0.976. The normalized spacial score (nSPS) is 58.4. The molecule has 5 saturated carbocycles. The summed E-state index contributed by atoms with van der Waals surface area (Å²) in [6.07, 6.45) is 3.95. The van der Waals surface area contributed by atoms with Crippen LogP contribution in [0.1, 0.15) is 65.2 Å². The third-order valence-electron chi connectivity index (χ3n) is 11.0. The first-order valence-corrected chi connectivity index (χ1v) is 11.5. The second-order valence-corrected chi connectivity index (χ2v) is 11.5. The molecule has 2 bridgehead atoms. The summed E-state index contributed by atoms with van der Waals surface area (Å²) in [4.78, 5) is 38.5. The number of ether oxygens (including phenoxy) is 1. The molecule has 6 rings (SSSR count). The van der Waals surface area contributed by atoms with E-state index in [4.69, 9.17) is 4.74 Å². The summed E-state index contributed by atoms with van der Waals surface area (Å²) < 4.78 is 5.94. The molecular weight excluding hydrogens is 382 g/mol. The van der Waals surface area contributed by atoms with E-state index in [2.05, 4.69) is 19.9 Å². The molecule has 0 aromatic rings. The molecule has 160 valence electrons. The number of rotatable bonds is 0. The second kappa shape index (κ2) is 5.35. The highest BCUT2D eigenvalue weighted by molar-refractivity contribution is 6.07. The second-order valence-electron chi connectivity index (χ2n) is 11.5. The zero-order valence-corrected chi connectivity index (χ0v) is 17.6. The van der Waals surface area contributed by atoms with Gasteiger partial charge in [0.1, 0.15) is 17.2 Å². The van der Waals surface area contributed by atoms with Crippen molar-refractivity contribution in [3.63, 3.8) is 0 Å². The van der Waals surface area contributed by atoms with Gasteiger partial charge < -0.3 is 9.84 Å². The zero-order valence-electron chi connectivity index (χ0n) is 17.6. The Bertz CT molecular complexity index is 938. The summed E-state index contributed by atoms with van der Waals surface area (Å²) in [5, 5.41) is 21.9. The Balaban J connectivity index is 1.52. The van der Waals surface area contributed by atoms with Crippen LogP contribution in [0.15, 0.2) is 0 Å². The van der Waals surface area contributed by atoms with E-state index in [-0.39, 0.29) is 46.6 Å². The minimum absolute atomic E-state index is 0.0488. The molecule has 0 aromatic carbocycles. The first-order chi connectivity index (χ1) is 14.1. The molecule has 0 amide bonds. The van der Waals surface area contributed by atoms with Crippen LogP contribution in [-0.4, -0.2) is 34.3 Å². The Labute approximate surface area is 176 Å². The van der Waals surface area contributed by atoms with Gasteiger partial charge in [0.25, 0.3) is 0 Å². The molecule has 0 aromatic heterocycles. The number of hydrogen-bond acceptors (Lipinski definition) is 6.